The second kappa shape index (κ2) is 8.10. The third-order valence-electron chi connectivity index (χ3n) is 2.45. The Hall–Kier alpha value is -1.46. The molecule has 1 rings (SSSR count). The first kappa shape index (κ1) is 17.6. The van der Waals surface area contributed by atoms with E-state index in [-0.39, 0.29) is 41.0 Å². The number of methoxy groups -OCH3 is 1. The van der Waals surface area contributed by atoms with Gasteiger partial charge in [-0.25, -0.2) is 0 Å². The predicted octanol–water partition coefficient (Wildman–Crippen LogP) is 3.07. The van der Waals surface area contributed by atoms with E-state index in [4.69, 9.17) is 32.7 Å². The Morgan fingerprint density at radius 1 is 1.24 bits per heavy atom. The van der Waals surface area contributed by atoms with Gasteiger partial charge >= 0.3 is 5.97 Å². The first-order valence-electron chi connectivity index (χ1n) is 6.35. The van der Waals surface area contributed by atoms with Gasteiger partial charge in [-0.15, -0.1) is 0 Å². The molecular formula is C14H17Cl2NO4. The molecule has 116 valence electrons. The quantitative estimate of drug-likeness (QED) is 0.812. The van der Waals surface area contributed by atoms with Crippen molar-refractivity contribution in [3.05, 3.63) is 27.7 Å². The molecule has 0 aliphatic heterocycles. The van der Waals surface area contributed by atoms with Gasteiger partial charge in [0.05, 0.1) is 29.7 Å². The highest BCUT2D eigenvalue weighted by molar-refractivity contribution is 6.37. The Labute approximate surface area is 133 Å². The van der Waals surface area contributed by atoms with Crippen molar-refractivity contribution in [2.75, 3.05) is 13.7 Å². The number of hydrogen-bond acceptors (Lipinski definition) is 4. The minimum Gasteiger partial charge on any atom is -0.494 e. The van der Waals surface area contributed by atoms with Crippen molar-refractivity contribution in [3.63, 3.8) is 0 Å². The number of carbonyl (C=O) groups is 2. The number of ether oxygens (including phenoxy) is 2. The van der Waals surface area contributed by atoms with Crippen molar-refractivity contribution >= 4 is 35.1 Å². The summed E-state index contributed by atoms with van der Waals surface area (Å²) in [7, 11) is 1.44. The van der Waals surface area contributed by atoms with Crippen LogP contribution in [0.2, 0.25) is 10.0 Å². The molecule has 0 radical (unpaired) electrons. The van der Waals surface area contributed by atoms with Crippen LogP contribution >= 0.6 is 23.2 Å². The second-order valence-electron chi connectivity index (χ2n) is 4.52. The van der Waals surface area contributed by atoms with Crippen molar-refractivity contribution < 1.29 is 19.1 Å². The summed E-state index contributed by atoms with van der Waals surface area (Å²) >= 11 is 11.9. The second-order valence-corrected chi connectivity index (χ2v) is 5.33. The average molecular weight is 334 g/mol. The van der Waals surface area contributed by atoms with Crippen LogP contribution in [-0.2, 0) is 9.53 Å². The zero-order valence-corrected chi connectivity index (χ0v) is 13.5. The van der Waals surface area contributed by atoms with Gasteiger partial charge in [-0.3, -0.25) is 9.59 Å². The van der Waals surface area contributed by atoms with Gasteiger partial charge in [-0.2, -0.15) is 0 Å². The lowest BCUT2D eigenvalue weighted by atomic mass is 10.2. The first-order chi connectivity index (χ1) is 9.85. The predicted molar refractivity (Wildman–Crippen MR) is 81.2 cm³/mol. The number of carbonyl (C=O) groups excluding carboxylic acids is 2. The molecule has 0 aromatic heterocycles. The van der Waals surface area contributed by atoms with Gasteiger partial charge in [0, 0.05) is 12.1 Å². The Morgan fingerprint density at radius 2 is 1.81 bits per heavy atom. The van der Waals surface area contributed by atoms with Crippen LogP contribution in [0.25, 0.3) is 0 Å². The van der Waals surface area contributed by atoms with Crippen molar-refractivity contribution in [2.45, 2.75) is 26.4 Å². The zero-order chi connectivity index (χ0) is 16.0. The molecule has 0 aliphatic carbocycles. The standard InChI is InChI=1S/C14H17Cl2NO4/c1-8(2)21-12(18)4-5-17-14(19)9-6-10(15)13(20-3)11(16)7-9/h6-8H,4-5H2,1-3H3,(H,17,19). The van der Waals surface area contributed by atoms with Gasteiger partial charge in [0.25, 0.3) is 5.91 Å². The monoisotopic (exact) mass is 333 g/mol. The Kier molecular flexibility index (Phi) is 6.78. The lowest BCUT2D eigenvalue weighted by molar-refractivity contribution is -0.147. The van der Waals surface area contributed by atoms with Crippen molar-refractivity contribution in [3.8, 4) is 5.75 Å². The molecule has 1 amide bonds. The summed E-state index contributed by atoms with van der Waals surface area (Å²) < 4.78 is 9.96. The summed E-state index contributed by atoms with van der Waals surface area (Å²) in [5.74, 6) is -0.426. The van der Waals surface area contributed by atoms with E-state index in [2.05, 4.69) is 5.32 Å². The van der Waals surface area contributed by atoms with Crippen LogP contribution in [0.15, 0.2) is 12.1 Å². The highest BCUT2D eigenvalue weighted by atomic mass is 35.5. The minimum absolute atomic E-state index is 0.0987. The minimum atomic E-state index is -0.376. The molecule has 0 saturated carbocycles. The van der Waals surface area contributed by atoms with Crippen molar-refractivity contribution in [1.82, 2.24) is 5.32 Å². The van der Waals surface area contributed by atoms with Gasteiger partial charge in [0.15, 0.2) is 5.75 Å². The number of hydrogen-bond donors (Lipinski definition) is 1. The van der Waals surface area contributed by atoms with Crippen LogP contribution in [0, 0.1) is 0 Å². The molecule has 1 N–H and O–H groups in total. The first-order valence-corrected chi connectivity index (χ1v) is 7.11. The van der Waals surface area contributed by atoms with E-state index < -0.39 is 0 Å². The molecule has 0 bridgehead atoms. The van der Waals surface area contributed by atoms with E-state index in [9.17, 15) is 9.59 Å². The molecule has 0 aliphatic rings. The molecule has 21 heavy (non-hydrogen) atoms. The van der Waals surface area contributed by atoms with Crippen molar-refractivity contribution in [2.24, 2.45) is 0 Å². The molecule has 0 heterocycles. The van der Waals surface area contributed by atoms with Gasteiger partial charge in [-0.1, -0.05) is 23.2 Å². The molecule has 0 spiro atoms. The van der Waals surface area contributed by atoms with Gasteiger partial charge in [-0.05, 0) is 26.0 Å². The SMILES string of the molecule is COc1c(Cl)cc(C(=O)NCCC(=O)OC(C)C)cc1Cl. The maximum Gasteiger partial charge on any atom is 0.307 e. The average Bonchev–Trinajstić information content (AvgIpc) is 2.37. The highest BCUT2D eigenvalue weighted by Gasteiger charge is 2.14. The van der Waals surface area contributed by atoms with E-state index in [1.807, 2.05) is 0 Å². The number of amides is 1. The summed E-state index contributed by atoms with van der Waals surface area (Å²) in [6, 6.07) is 2.90. The Balaban J connectivity index is 2.59. The van der Waals surface area contributed by atoms with Gasteiger partial charge in [0.2, 0.25) is 0 Å². The maximum atomic E-state index is 11.9. The van der Waals surface area contributed by atoms with E-state index in [1.54, 1.807) is 13.8 Å². The number of nitrogens with one attached hydrogen (secondary N) is 1. The molecule has 5 nitrogen and oxygen atoms in total. The van der Waals surface area contributed by atoms with E-state index in [1.165, 1.54) is 19.2 Å². The zero-order valence-electron chi connectivity index (χ0n) is 12.0. The van der Waals surface area contributed by atoms with E-state index in [0.717, 1.165) is 0 Å². The van der Waals surface area contributed by atoms with E-state index in [0.29, 0.717) is 11.3 Å². The largest absolute Gasteiger partial charge is 0.494 e. The summed E-state index contributed by atoms with van der Waals surface area (Å²) in [4.78, 5) is 23.3. The van der Waals surface area contributed by atoms with Gasteiger partial charge < -0.3 is 14.8 Å². The maximum absolute atomic E-state index is 11.9. The molecule has 0 unspecified atom stereocenters. The summed E-state index contributed by atoms with van der Waals surface area (Å²) in [6.45, 7) is 3.70. The number of benzene rings is 1. The van der Waals surface area contributed by atoms with Crippen LogP contribution in [0.4, 0.5) is 0 Å². The topological polar surface area (TPSA) is 64.6 Å². The number of halogens is 2. The third kappa shape index (κ3) is 5.44. The molecule has 1 aromatic rings. The molecule has 7 heteroatoms. The summed E-state index contributed by atoms with van der Waals surface area (Å²) in [5.41, 5.74) is 0.294. The third-order valence-corrected chi connectivity index (χ3v) is 3.01. The van der Waals surface area contributed by atoms with Crippen LogP contribution in [-0.4, -0.2) is 31.6 Å². The van der Waals surface area contributed by atoms with Gasteiger partial charge in [0.1, 0.15) is 0 Å². The summed E-state index contributed by atoms with van der Waals surface area (Å²) in [5, 5.41) is 3.09. The smallest absolute Gasteiger partial charge is 0.307 e. The van der Waals surface area contributed by atoms with E-state index >= 15 is 0 Å². The Bertz CT molecular complexity index is 509. The van der Waals surface area contributed by atoms with Crippen molar-refractivity contribution in [1.29, 1.82) is 0 Å². The molecular weight excluding hydrogens is 317 g/mol. The number of esters is 1. The fourth-order valence-corrected chi connectivity index (χ4v) is 2.23. The molecule has 0 saturated heterocycles. The fourth-order valence-electron chi connectivity index (χ4n) is 1.59. The van der Waals surface area contributed by atoms with Crippen LogP contribution < -0.4 is 10.1 Å². The van der Waals surface area contributed by atoms with Crippen LogP contribution in [0.5, 0.6) is 5.75 Å². The Morgan fingerprint density at radius 3 is 2.29 bits per heavy atom. The molecule has 1 aromatic carbocycles. The number of rotatable bonds is 6. The molecule has 0 atom stereocenters. The summed E-state index contributed by atoms with van der Waals surface area (Å²) in [6.07, 6.45) is -0.0750. The lowest BCUT2D eigenvalue weighted by Gasteiger charge is -2.10. The van der Waals surface area contributed by atoms with Crippen LogP contribution in [0.3, 0.4) is 0 Å². The lowest BCUT2D eigenvalue weighted by Crippen LogP contribution is -2.27. The highest BCUT2D eigenvalue weighted by Crippen LogP contribution is 2.33. The fraction of sp³-hybridized carbons (Fsp3) is 0.429. The molecule has 0 fully saturated rings. The normalized spacial score (nSPS) is 10.4. The van der Waals surface area contributed by atoms with Crippen LogP contribution in [0.1, 0.15) is 30.6 Å².